The van der Waals surface area contributed by atoms with E-state index >= 15 is 0 Å². The van der Waals surface area contributed by atoms with E-state index < -0.39 is 23.6 Å². The molecule has 4 nitrogen and oxygen atoms in total. The fraction of sp³-hybridized carbons (Fsp3) is 0.467. The molecule has 0 saturated heterocycles. The Kier molecular flexibility index (Phi) is 4.37. The van der Waals surface area contributed by atoms with Crippen LogP contribution < -0.4 is 10.4 Å². The zero-order chi connectivity index (χ0) is 14.7. The highest BCUT2D eigenvalue weighted by molar-refractivity contribution is 5.95. The van der Waals surface area contributed by atoms with Crippen molar-refractivity contribution >= 4 is 17.6 Å². The highest BCUT2D eigenvalue weighted by atomic mass is 19.1. The zero-order valence-corrected chi connectivity index (χ0v) is 11.3. The highest BCUT2D eigenvalue weighted by Crippen LogP contribution is 2.31. The van der Waals surface area contributed by atoms with Gasteiger partial charge in [-0.2, -0.15) is 0 Å². The van der Waals surface area contributed by atoms with Gasteiger partial charge in [0.2, 0.25) is 5.91 Å². The number of carbonyl (C=O) groups excluding carboxylic acids is 2. The first-order valence-electron chi connectivity index (χ1n) is 6.77. The number of halogens is 1. The Hall–Kier alpha value is -1.91. The minimum atomic E-state index is -1.18. The molecule has 1 aromatic rings. The van der Waals surface area contributed by atoms with E-state index in [1.807, 2.05) is 0 Å². The maximum Gasteiger partial charge on any atom is 0.228 e. The molecule has 1 aromatic carbocycles. The molecule has 20 heavy (non-hydrogen) atoms. The second-order valence-corrected chi connectivity index (χ2v) is 5.26. The lowest BCUT2D eigenvalue weighted by atomic mass is 9.78. The molecule has 0 bridgehead atoms. The molecule has 0 unspecified atom stereocenters. The second-order valence-electron chi connectivity index (χ2n) is 5.26. The molecular formula is C15H17FNO3-. The molecule has 1 fully saturated rings. The van der Waals surface area contributed by atoms with E-state index in [1.165, 1.54) is 12.1 Å². The Morgan fingerprint density at radius 2 is 1.90 bits per heavy atom. The molecule has 2 atom stereocenters. The van der Waals surface area contributed by atoms with Crippen LogP contribution in [0.1, 0.15) is 31.2 Å². The van der Waals surface area contributed by atoms with Crippen molar-refractivity contribution in [2.24, 2.45) is 11.8 Å². The van der Waals surface area contributed by atoms with Gasteiger partial charge in [0, 0.05) is 23.5 Å². The molecule has 1 N–H and O–H groups in total. The fourth-order valence-electron chi connectivity index (χ4n) is 2.68. The number of hydrogen-bond donors (Lipinski definition) is 1. The second kappa shape index (κ2) is 6.03. The van der Waals surface area contributed by atoms with Gasteiger partial charge in [0.1, 0.15) is 5.82 Å². The average molecular weight is 278 g/mol. The molecule has 0 radical (unpaired) electrons. The summed E-state index contributed by atoms with van der Waals surface area (Å²) >= 11 is 0. The Morgan fingerprint density at radius 1 is 1.25 bits per heavy atom. The number of carboxylic acid groups (broad SMARTS) is 1. The number of aryl methyl sites for hydroxylation is 1. The number of benzene rings is 1. The van der Waals surface area contributed by atoms with Crippen LogP contribution >= 0.6 is 0 Å². The van der Waals surface area contributed by atoms with Crippen molar-refractivity contribution in [3.05, 3.63) is 29.6 Å². The van der Waals surface area contributed by atoms with Gasteiger partial charge in [0.15, 0.2) is 0 Å². The number of hydrogen-bond acceptors (Lipinski definition) is 3. The van der Waals surface area contributed by atoms with Crippen molar-refractivity contribution < 1.29 is 19.1 Å². The molecule has 1 aliphatic rings. The van der Waals surface area contributed by atoms with Gasteiger partial charge >= 0.3 is 0 Å². The third-order valence-corrected chi connectivity index (χ3v) is 3.86. The Bertz CT molecular complexity index is 530. The normalized spacial score (nSPS) is 22.3. The van der Waals surface area contributed by atoms with E-state index in [1.54, 1.807) is 13.0 Å². The highest BCUT2D eigenvalue weighted by Gasteiger charge is 2.31. The van der Waals surface area contributed by atoms with Crippen molar-refractivity contribution in [1.29, 1.82) is 0 Å². The zero-order valence-electron chi connectivity index (χ0n) is 11.3. The molecule has 0 aliphatic heterocycles. The van der Waals surface area contributed by atoms with Gasteiger partial charge < -0.3 is 15.2 Å². The molecule has 1 amide bonds. The Labute approximate surface area is 117 Å². The molecule has 1 saturated carbocycles. The summed E-state index contributed by atoms with van der Waals surface area (Å²) in [6.07, 6.45) is 2.60. The smallest absolute Gasteiger partial charge is 0.228 e. The lowest BCUT2D eigenvalue weighted by Crippen LogP contribution is -2.42. The molecule has 5 heteroatoms. The van der Waals surface area contributed by atoms with Gasteiger partial charge in [0.05, 0.1) is 0 Å². The van der Waals surface area contributed by atoms with Crippen LogP contribution in [0.3, 0.4) is 0 Å². The lowest BCUT2D eigenvalue weighted by molar-refractivity contribution is -0.313. The van der Waals surface area contributed by atoms with Crippen molar-refractivity contribution in [3.63, 3.8) is 0 Å². The molecule has 1 aliphatic carbocycles. The summed E-state index contributed by atoms with van der Waals surface area (Å²) in [6, 6.07) is 4.13. The van der Waals surface area contributed by atoms with E-state index in [9.17, 15) is 19.1 Å². The Morgan fingerprint density at radius 3 is 2.55 bits per heavy atom. The van der Waals surface area contributed by atoms with E-state index in [0.29, 0.717) is 18.5 Å². The van der Waals surface area contributed by atoms with Crippen LogP contribution in [-0.4, -0.2) is 11.9 Å². The summed E-state index contributed by atoms with van der Waals surface area (Å²) in [5, 5.41) is 13.7. The molecule has 0 aromatic heterocycles. The van der Waals surface area contributed by atoms with Crippen molar-refractivity contribution in [3.8, 4) is 0 Å². The predicted octanol–water partition coefficient (Wildman–Crippen LogP) is 1.63. The van der Waals surface area contributed by atoms with Crippen molar-refractivity contribution in [1.82, 2.24) is 0 Å². The van der Waals surface area contributed by atoms with Gasteiger partial charge in [-0.05, 0) is 37.5 Å². The molecule has 2 rings (SSSR count). The first kappa shape index (κ1) is 14.5. The van der Waals surface area contributed by atoms with Crippen LogP contribution in [0.2, 0.25) is 0 Å². The monoisotopic (exact) mass is 278 g/mol. The predicted molar refractivity (Wildman–Crippen MR) is 70.2 cm³/mol. The third-order valence-electron chi connectivity index (χ3n) is 3.86. The van der Waals surface area contributed by atoms with Crippen molar-refractivity contribution in [2.45, 2.75) is 32.6 Å². The number of amides is 1. The Balaban J connectivity index is 2.14. The number of nitrogens with one attached hydrogen (secondary N) is 1. The van der Waals surface area contributed by atoms with Crippen LogP contribution in [0.4, 0.5) is 10.1 Å². The first-order chi connectivity index (χ1) is 9.49. The number of carbonyl (C=O) groups is 2. The molecular weight excluding hydrogens is 261 g/mol. The minimum Gasteiger partial charge on any atom is -0.550 e. The van der Waals surface area contributed by atoms with Crippen molar-refractivity contribution in [2.75, 3.05) is 5.32 Å². The summed E-state index contributed by atoms with van der Waals surface area (Å²) in [4.78, 5) is 23.3. The summed E-state index contributed by atoms with van der Waals surface area (Å²) in [5.41, 5.74) is 1.12. The van der Waals surface area contributed by atoms with E-state index in [0.717, 1.165) is 18.4 Å². The van der Waals surface area contributed by atoms with Gasteiger partial charge in [-0.25, -0.2) is 4.39 Å². The van der Waals surface area contributed by atoms with E-state index in [2.05, 4.69) is 5.32 Å². The van der Waals surface area contributed by atoms with Crippen LogP contribution in [0.25, 0.3) is 0 Å². The standard InChI is InChI=1S/C15H18FNO3/c1-9-6-7-10(16)8-13(9)17-14(18)11-4-2-3-5-12(11)15(19)20/h6-8,11-12H,2-5H2,1H3,(H,17,18)(H,19,20)/p-1/t11-,12-/m1/s1. The largest absolute Gasteiger partial charge is 0.550 e. The van der Waals surface area contributed by atoms with Gasteiger partial charge in [-0.15, -0.1) is 0 Å². The first-order valence-corrected chi connectivity index (χ1v) is 6.77. The summed E-state index contributed by atoms with van der Waals surface area (Å²) in [5.74, 6) is -3.34. The summed E-state index contributed by atoms with van der Waals surface area (Å²) < 4.78 is 13.2. The molecule has 0 spiro atoms. The summed E-state index contributed by atoms with van der Waals surface area (Å²) in [7, 11) is 0. The maximum atomic E-state index is 13.2. The van der Waals surface area contributed by atoms with E-state index in [4.69, 9.17) is 0 Å². The van der Waals surface area contributed by atoms with Crippen LogP contribution in [-0.2, 0) is 9.59 Å². The van der Waals surface area contributed by atoms with Gasteiger partial charge in [0.25, 0.3) is 0 Å². The van der Waals surface area contributed by atoms with Gasteiger partial charge in [-0.1, -0.05) is 18.9 Å². The third kappa shape index (κ3) is 3.15. The van der Waals surface area contributed by atoms with Gasteiger partial charge in [-0.3, -0.25) is 4.79 Å². The maximum absolute atomic E-state index is 13.2. The van der Waals surface area contributed by atoms with Crippen LogP contribution in [0.5, 0.6) is 0 Å². The van der Waals surface area contributed by atoms with E-state index in [-0.39, 0.29) is 5.91 Å². The fourth-order valence-corrected chi connectivity index (χ4v) is 2.68. The molecule has 0 heterocycles. The molecule has 108 valence electrons. The lowest BCUT2D eigenvalue weighted by Gasteiger charge is -2.31. The topological polar surface area (TPSA) is 69.2 Å². The number of carboxylic acids is 1. The average Bonchev–Trinajstić information content (AvgIpc) is 2.42. The SMILES string of the molecule is Cc1ccc(F)cc1NC(=O)[C@@H]1CCCC[C@H]1C(=O)[O-]. The number of anilines is 1. The minimum absolute atomic E-state index is 0.368. The van der Waals surface area contributed by atoms with Crippen LogP contribution in [0, 0.1) is 24.6 Å². The quantitative estimate of drug-likeness (QED) is 0.913. The summed E-state index contributed by atoms with van der Waals surface area (Å²) in [6.45, 7) is 1.76. The number of rotatable bonds is 3. The van der Waals surface area contributed by atoms with Crippen LogP contribution in [0.15, 0.2) is 18.2 Å². The number of aliphatic carboxylic acids is 1.